The standard InChI is InChI=1S/C23H29NO5/c1-26-17-13-19(25)23(22(14-17)27-2)18(8-11-24-9-4-3-5-10-24)16-6-7-20-21(12-16)29-15-28-20/h6-7,12-14,18,25H,3-5,8-11,15H2,1-2H3/t18-/m1/s1. The van der Waals surface area contributed by atoms with Crippen molar-refractivity contribution in [2.24, 2.45) is 0 Å². The Labute approximate surface area is 171 Å². The molecule has 0 aliphatic carbocycles. The molecule has 4 rings (SSSR count). The van der Waals surface area contributed by atoms with Crippen molar-refractivity contribution in [3.63, 3.8) is 0 Å². The summed E-state index contributed by atoms with van der Waals surface area (Å²) in [6.07, 6.45) is 4.70. The van der Waals surface area contributed by atoms with Gasteiger partial charge in [-0.25, -0.2) is 0 Å². The van der Waals surface area contributed by atoms with Crippen LogP contribution in [0.5, 0.6) is 28.7 Å². The third-order valence-electron chi connectivity index (χ3n) is 5.88. The number of phenolic OH excluding ortho intramolecular Hbond substituents is 1. The Morgan fingerprint density at radius 3 is 2.55 bits per heavy atom. The number of rotatable bonds is 7. The third kappa shape index (κ3) is 4.22. The van der Waals surface area contributed by atoms with Crippen molar-refractivity contribution < 1.29 is 24.1 Å². The highest BCUT2D eigenvalue weighted by molar-refractivity contribution is 5.56. The van der Waals surface area contributed by atoms with Crippen molar-refractivity contribution in [3.8, 4) is 28.7 Å². The maximum absolute atomic E-state index is 10.9. The molecule has 6 nitrogen and oxygen atoms in total. The Kier molecular flexibility index (Phi) is 6.00. The van der Waals surface area contributed by atoms with Crippen LogP contribution in [-0.2, 0) is 0 Å². The average Bonchev–Trinajstić information content (AvgIpc) is 3.23. The fourth-order valence-corrected chi connectivity index (χ4v) is 4.33. The monoisotopic (exact) mass is 399 g/mol. The van der Waals surface area contributed by atoms with Gasteiger partial charge in [0.15, 0.2) is 11.5 Å². The van der Waals surface area contributed by atoms with Crippen LogP contribution in [-0.4, -0.2) is 50.7 Å². The van der Waals surface area contributed by atoms with Crippen LogP contribution in [0.2, 0.25) is 0 Å². The van der Waals surface area contributed by atoms with Crippen LogP contribution in [0.1, 0.15) is 42.7 Å². The van der Waals surface area contributed by atoms with E-state index >= 15 is 0 Å². The maximum Gasteiger partial charge on any atom is 0.231 e. The lowest BCUT2D eigenvalue weighted by atomic mass is 9.86. The zero-order valence-corrected chi connectivity index (χ0v) is 17.1. The van der Waals surface area contributed by atoms with Gasteiger partial charge in [0.05, 0.1) is 14.2 Å². The van der Waals surface area contributed by atoms with Crippen LogP contribution in [0.4, 0.5) is 0 Å². The second kappa shape index (κ2) is 8.82. The number of nitrogens with zero attached hydrogens (tertiary/aromatic N) is 1. The quantitative estimate of drug-likeness (QED) is 0.755. The second-order valence-corrected chi connectivity index (χ2v) is 7.62. The number of likely N-dealkylation sites (tertiary alicyclic amines) is 1. The number of benzene rings is 2. The molecule has 0 spiro atoms. The Hall–Kier alpha value is -2.60. The summed E-state index contributed by atoms with van der Waals surface area (Å²) < 4.78 is 22.0. The van der Waals surface area contributed by atoms with E-state index in [1.54, 1.807) is 20.3 Å². The summed E-state index contributed by atoms with van der Waals surface area (Å²) in [5, 5.41) is 10.9. The summed E-state index contributed by atoms with van der Waals surface area (Å²) in [7, 11) is 3.21. The van der Waals surface area contributed by atoms with E-state index < -0.39 is 0 Å². The van der Waals surface area contributed by atoms with Crippen molar-refractivity contribution in [2.45, 2.75) is 31.6 Å². The van der Waals surface area contributed by atoms with Crippen LogP contribution < -0.4 is 18.9 Å². The number of piperidine rings is 1. The fourth-order valence-electron chi connectivity index (χ4n) is 4.33. The molecule has 29 heavy (non-hydrogen) atoms. The van der Waals surface area contributed by atoms with Gasteiger partial charge in [-0.1, -0.05) is 12.5 Å². The van der Waals surface area contributed by atoms with Crippen LogP contribution in [0.15, 0.2) is 30.3 Å². The molecule has 0 bridgehead atoms. The molecular weight excluding hydrogens is 370 g/mol. The first-order valence-electron chi connectivity index (χ1n) is 10.3. The van der Waals surface area contributed by atoms with Gasteiger partial charge >= 0.3 is 0 Å². The first-order valence-corrected chi connectivity index (χ1v) is 10.3. The zero-order chi connectivity index (χ0) is 20.2. The number of methoxy groups -OCH3 is 2. The highest BCUT2D eigenvalue weighted by atomic mass is 16.7. The Balaban J connectivity index is 1.70. The van der Waals surface area contributed by atoms with E-state index in [0.29, 0.717) is 11.5 Å². The third-order valence-corrected chi connectivity index (χ3v) is 5.88. The summed E-state index contributed by atoms with van der Waals surface area (Å²) in [4.78, 5) is 2.51. The van der Waals surface area contributed by atoms with Crippen molar-refractivity contribution in [1.82, 2.24) is 4.90 Å². The smallest absolute Gasteiger partial charge is 0.231 e. The predicted molar refractivity (Wildman–Crippen MR) is 111 cm³/mol. The molecule has 0 radical (unpaired) electrons. The molecule has 2 aliphatic heterocycles. The summed E-state index contributed by atoms with van der Waals surface area (Å²) in [5.41, 5.74) is 1.86. The number of aromatic hydroxyl groups is 1. The molecule has 1 fully saturated rings. The highest BCUT2D eigenvalue weighted by Crippen LogP contribution is 2.45. The Morgan fingerprint density at radius 2 is 1.79 bits per heavy atom. The minimum Gasteiger partial charge on any atom is -0.507 e. The molecule has 1 atom stereocenters. The van der Waals surface area contributed by atoms with Crippen molar-refractivity contribution in [3.05, 3.63) is 41.5 Å². The molecular formula is C23H29NO5. The van der Waals surface area contributed by atoms with Gasteiger partial charge < -0.3 is 29.0 Å². The van der Waals surface area contributed by atoms with Crippen molar-refractivity contribution in [2.75, 3.05) is 40.6 Å². The van der Waals surface area contributed by atoms with E-state index in [1.165, 1.54) is 19.3 Å². The van der Waals surface area contributed by atoms with Crippen LogP contribution >= 0.6 is 0 Å². The molecule has 2 aromatic carbocycles. The lowest BCUT2D eigenvalue weighted by molar-refractivity contribution is 0.174. The number of fused-ring (bicyclic) bond motifs is 1. The normalized spacial score (nSPS) is 17.2. The minimum atomic E-state index is -0.0349. The Bertz CT molecular complexity index is 847. The van der Waals surface area contributed by atoms with Crippen LogP contribution in [0, 0.1) is 0 Å². The number of hydrogen-bond donors (Lipinski definition) is 1. The topological polar surface area (TPSA) is 60.4 Å². The highest BCUT2D eigenvalue weighted by Gasteiger charge is 2.26. The summed E-state index contributed by atoms with van der Waals surface area (Å²) >= 11 is 0. The zero-order valence-electron chi connectivity index (χ0n) is 17.1. The first kappa shape index (κ1) is 19.7. The summed E-state index contributed by atoms with van der Waals surface area (Å²) in [5.74, 6) is 2.86. The summed E-state index contributed by atoms with van der Waals surface area (Å²) in [6.45, 7) is 3.49. The number of phenols is 1. The largest absolute Gasteiger partial charge is 0.507 e. The van der Waals surface area contributed by atoms with E-state index in [0.717, 1.165) is 48.7 Å². The van der Waals surface area contributed by atoms with Gasteiger partial charge in [0.25, 0.3) is 0 Å². The number of ether oxygens (including phenoxy) is 4. The number of hydrogen-bond acceptors (Lipinski definition) is 6. The molecule has 6 heteroatoms. The van der Waals surface area contributed by atoms with Gasteiger partial charge in [-0.3, -0.25) is 0 Å². The minimum absolute atomic E-state index is 0.0349. The van der Waals surface area contributed by atoms with E-state index in [-0.39, 0.29) is 18.5 Å². The molecule has 1 saturated heterocycles. The van der Waals surface area contributed by atoms with Crippen molar-refractivity contribution in [1.29, 1.82) is 0 Å². The molecule has 2 heterocycles. The van der Waals surface area contributed by atoms with Crippen molar-refractivity contribution >= 4 is 0 Å². The van der Waals surface area contributed by atoms with Crippen LogP contribution in [0.25, 0.3) is 0 Å². The molecule has 0 unspecified atom stereocenters. The van der Waals surface area contributed by atoms with E-state index in [2.05, 4.69) is 11.0 Å². The van der Waals surface area contributed by atoms with Gasteiger partial charge in [-0.15, -0.1) is 0 Å². The lowest BCUT2D eigenvalue weighted by Crippen LogP contribution is -2.31. The average molecular weight is 399 g/mol. The molecule has 2 aromatic rings. The molecule has 156 valence electrons. The second-order valence-electron chi connectivity index (χ2n) is 7.62. The van der Waals surface area contributed by atoms with Gasteiger partial charge in [0.1, 0.15) is 17.2 Å². The van der Waals surface area contributed by atoms with E-state index in [4.69, 9.17) is 18.9 Å². The predicted octanol–water partition coefficient (Wildman–Crippen LogP) is 4.15. The Morgan fingerprint density at radius 1 is 1.00 bits per heavy atom. The molecule has 1 N–H and O–H groups in total. The molecule has 2 aliphatic rings. The molecule has 0 amide bonds. The van der Waals surface area contributed by atoms with E-state index in [9.17, 15) is 5.11 Å². The SMILES string of the molecule is COc1cc(O)c([C@H](CCN2CCCCC2)c2ccc3c(c2)OCO3)c(OC)c1. The van der Waals surface area contributed by atoms with Crippen LogP contribution in [0.3, 0.4) is 0 Å². The fraction of sp³-hybridized carbons (Fsp3) is 0.478. The first-order chi connectivity index (χ1) is 14.2. The van der Waals surface area contributed by atoms with E-state index in [1.807, 2.05) is 18.2 Å². The van der Waals surface area contributed by atoms with Gasteiger partial charge in [-0.05, 0) is 56.6 Å². The molecule has 0 aromatic heterocycles. The van der Waals surface area contributed by atoms with Gasteiger partial charge in [0, 0.05) is 23.6 Å². The van der Waals surface area contributed by atoms with Gasteiger partial charge in [0.2, 0.25) is 6.79 Å². The maximum atomic E-state index is 10.9. The molecule has 0 saturated carbocycles. The van der Waals surface area contributed by atoms with Gasteiger partial charge in [-0.2, -0.15) is 0 Å². The summed E-state index contributed by atoms with van der Waals surface area (Å²) in [6, 6.07) is 9.50. The lowest BCUT2D eigenvalue weighted by Gasteiger charge is -2.29.